The fourth-order valence-electron chi connectivity index (χ4n) is 3.38. The first-order valence-electron chi connectivity index (χ1n) is 9.75. The van der Waals surface area contributed by atoms with E-state index in [0.717, 1.165) is 19.3 Å². The van der Waals surface area contributed by atoms with Crippen molar-refractivity contribution in [2.45, 2.75) is 57.1 Å². The van der Waals surface area contributed by atoms with Gasteiger partial charge in [0.15, 0.2) is 5.16 Å². The number of halogens is 1. The maximum atomic E-state index is 12.9. The van der Waals surface area contributed by atoms with E-state index in [2.05, 4.69) is 16.4 Å². The Morgan fingerprint density at radius 1 is 1.36 bits per heavy atom. The molecule has 2 aromatic rings. The molecule has 0 unspecified atom stereocenters. The maximum Gasteiger partial charge on any atom is 0.262 e. The van der Waals surface area contributed by atoms with E-state index in [-0.39, 0.29) is 23.3 Å². The van der Waals surface area contributed by atoms with Crippen LogP contribution in [-0.4, -0.2) is 27.8 Å². The van der Waals surface area contributed by atoms with Gasteiger partial charge in [0.1, 0.15) is 0 Å². The summed E-state index contributed by atoms with van der Waals surface area (Å²) >= 11 is 7.34. The summed E-state index contributed by atoms with van der Waals surface area (Å²) in [4.78, 5) is 29.7. The molecule has 0 saturated carbocycles. The van der Waals surface area contributed by atoms with Gasteiger partial charge in [-0.1, -0.05) is 35.0 Å². The van der Waals surface area contributed by atoms with Crippen LogP contribution in [0, 0.1) is 0 Å². The summed E-state index contributed by atoms with van der Waals surface area (Å²) in [5.74, 6) is 0.182. The van der Waals surface area contributed by atoms with Crippen LogP contribution >= 0.6 is 23.4 Å². The van der Waals surface area contributed by atoms with Crippen molar-refractivity contribution in [3.63, 3.8) is 0 Å². The highest BCUT2D eigenvalue weighted by atomic mass is 35.5. The van der Waals surface area contributed by atoms with Gasteiger partial charge in [0.2, 0.25) is 5.91 Å². The quantitative estimate of drug-likeness (QED) is 0.400. The van der Waals surface area contributed by atoms with Crippen molar-refractivity contribution in [1.29, 1.82) is 0 Å². The highest BCUT2D eigenvalue weighted by molar-refractivity contribution is 7.99. The number of fused-ring (bicyclic) bond motifs is 1. The largest absolute Gasteiger partial charge is 0.355 e. The zero-order valence-electron chi connectivity index (χ0n) is 16.3. The molecule has 0 atom stereocenters. The van der Waals surface area contributed by atoms with Crippen LogP contribution in [0.5, 0.6) is 0 Å². The van der Waals surface area contributed by atoms with Crippen LogP contribution in [0.15, 0.2) is 39.8 Å². The number of allylic oxidation sites excluding steroid dienone is 1. The van der Waals surface area contributed by atoms with Crippen molar-refractivity contribution in [3.8, 4) is 0 Å². The SMILES string of the molecule is CC(C)n1c(SCC(=O)NCCC2=CCCCC2)nc2cc(Cl)ccc2c1=O. The Labute approximate surface area is 174 Å². The van der Waals surface area contributed by atoms with E-state index in [0.29, 0.717) is 27.6 Å². The van der Waals surface area contributed by atoms with Gasteiger partial charge in [0.05, 0.1) is 16.7 Å². The number of aromatic nitrogens is 2. The smallest absolute Gasteiger partial charge is 0.262 e. The van der Waals surface area contributed by atoms with Crippen molar-refractivity contribution in [1.82, 2.24) is 14.9 Å². The third-order valence-electron chi connectivity index (χ3n) is 4.83. The minimum Gasteiger partial charge on any atom is -0.355 e. The molecule has 1 heterocycles. The Hall–Kier alpha value is -1.79. The fourth-order valence-corrected chi connectivity index (χ4v) is 4.51. The van der Waals surface area contributed by atoms with Gasteiger partial charge in [0, 0.05) is 17.6 Å². The minimum absolute atomic E-state index is 0.0443. The van der Waals surface area contributed by atoms with Gasteiger partial charge < -0.3 is 5.32 Å². The minimum atomic E-state index is -0.108. The Bertz CT molecular complexity index is 953. The second kappa shape index (κ2) is 9.61. The molecule has 1 aliphatic carbocycles. The van der Waals surface area contributed by atoms with Crippen molar-refractivity contribution in [2.75, 3.05) is 12.3 Å². The average Bonchev–Trinajstić information content (AvgIpc) is 2.66. The summed E-state index contributed by atoms with van der Waals surface area (Å²) in [5, 5.41) is 4.58. The Morgan fingerprint density at radius 2 is 2.18 bits per heavy atom. The first-order chi connectivity index (χ1) is 13.5. The molecule has 1 aromatic heterocycles. The molecular weight excluding hydrogens is 394 g/mol. The highest BCUT2D eigenvalue weighted by Gasteiger charge is 2.15. The van der Waals surface area contributed by atoms with Crippen molar-refractivity contribution in [2.24, 2.45) is 0 Å². The molecule has 1 N–H and O–H groups in total. The molecule has 0 bridgehead atoms. The van der Waals surface area contributed by atoms with E-state index in [1.165, 1.54) is 30.2 Å². The second-order valence-corrected chi connectivity index (χ2v) is 8.70. The Kier molecular flexibility index (Phi) is 7.18. The number of rotatable bonds is 7. The van der Waals surface area contributed by atoms with Gasteiger partial charge in [-0.3, -0.25) is 14.2 Å². The van der Waals surface area contributed by atoms with Gasteiger partial charge in [-0.15, -0.1) is 0 Å². The van der Waals surface area contributed by atoms with E-state index >= 15 is 0 Å². The lowest BCUT2D eigenvalue weighted by atomic mass is 9.97. The summed E-state index contributed by atoms with van der Waals surface area (Å²) in [6.45, 7) is 4.53. The van der Waals surface area contributed by atoms with Crippen molar-refractivity contribution >= 4 is 40.2 Å². The number of carbonyl (C=O) groups excluding carboxylic acids is 1. The molecule has 1 amide bonds. The molecule has 0 radical (unpaired) electrons. The van der Waals surface area contributed by atoms with Gasteiger partial charge in [-0.2, -0.15) is 0 Å². The molecule has 0 fully saturated rings. The second-order valence-electron chi connectivity index (χ2n) is 7.32. The summed E-state index contributed by atoms with van der Waals surface area (Å²) in [6.07, 6.45) is 8.04. The number of amides is 1. The average molecular weight is 420 g/mol. The highest BCUT2D eigenvalue weighted by Crippen LogP contribution is 2.23. The van der Waals surface area contributed by atoms with Gasteiger partial charge in [-0.05, 0) is 64.2 Å². The summed E-state index contributed by atoms with van der Waals surface area (Å²) in [6, 6.07) is 5.03. The van der Waals surface area contributed by atoms with E-state index in [1.807, 2.05) is 13.8 Å². The fraction of sp³-hybridized carbons (Fsp3) is 0.476. The lowest BCUT2D eigenvalue weighted by Gasteiger charge is -2.16. The predicted molar refractivity (Wildman–Crippen MR) is 116 cm³/mol. The number of hydrogen-bond acceptors (Lipinski definition) is 4. The molecule has 1 aromatic carbocycles. The predicted octanol–water partition coefficient (Wildman–Crippen LogP) is 4.73. The van der Waals surface area contributed by atoms with Crippen molar-refractivity contribution < 1.29 is 4.79 Å². The number of benzene rings is 1. The topological polar surface area (TPSA) is 64.0 Å². The van der Waals surface area contributed by atoms with Gasteiger partial charge >= 0.3 is 0 Å². The molecule has 0 aliphatic heterocycles. The Morgan fingerprint density at radius 3 is 2.89 bits per heavy atom. The maximum absolute atomic E-state index is 12.9. The molecule has 0 saturated heterocycles. The molecule has 5 nitrogen and oxygen atoms in total. The van der Waals surface area contributed by atoms with Crippen LogP contribution in [0.2, 0.25) is 5.02 Å². The number of nitrogens with one attached hydrogen (secondary N) is 1. The lowest BCUT2D eigenvalue weighted by Crippen LogP contribution is -2.28. The van der Waals surface area contributed by atoms with Crippen LogP contribution in [0.25, 0.3) is 10.9 Å². The zero-order valence-corrected chi connectivity index (χ0v) is 17.9. The molecular formula is C21H26ClN3O2S. The monoisotopic (exact) mass is 419 g/mol. The summed E-state index contributed by atoms with van der Waals surface area (Å²) in [5.41, 5.74) is 1.89. The number of thioether (sulfide) groups is 1. The first kappa shape index (κ1) is 20.9. The first-order valence-corrected chi connectivity index (χ1v) is 11.1. The standard InChI is InChI=1S/C21H26ClN3O2S/c1-14(2)25-20(27)17-9-8-16(22)12-18(17)24-21(25)28-13-19(26)23-11-10-15-6-4-3-5-7-15/h6,8-9,12,14H,3-5,7,10-11,13H2,1-2H3,(H,23,26). The normalized spacial score (nSPS) is 14.4. The molecule has 0 spiro atoms. The number of carbonyl (C=O) groups is 1. The van der Waals surface area contributed by atoms with Gasteiger partial charge in [-0.25, -0.2) is 4.98 Å². The molecule has 7 heteroatoms. The summed E-state index contributed by atoms with van der Waals surface area (Å²) in [7, 11) is 0. The van der Waals surface area contributed by atoms with E-state index in [1.54, 1.807) is 22.8 Å². The van der Waals surface area contributed by atoms with Crippen LogP contribution < -0.4 is 10.9 Å². The number of hydrogen-bond donors (Lipinski definition) is 1. The lowest BCUT2D eigenvalue weighted by molar-refractivity contribution is -0.118. The van der Waals surface area contributed by atoms with Crippen LogP contribution in [-0.2, 0) is 4.79 Å². The molecule has 150 valence electrons. The van der Waals surface area contributed by atoms with Crippen LogP contribution in [0.3, 0.4) is 0 Å². The van der Waals surface area contributed by atoms with E-state index < -0.39 is 0 Å². The van der Waals surface area contributed by atoms with Crippen LogP contribution in [0.4, 0.5) is 0 Å². The molecule has 3 rings (SSSR count). The third kappa shape index (κ3) is 5.17. The van der Waals surface area contributed by atoms with Crippen molar-refractivity contribution in [3.05, 3.63) is 45.2 Å². The molecule has 28 heavy (non-hydrogen) atoms. The third-order valence-corrected chi connectivity index (χ3v) is 6.02. The Balaban J connectivity index is 1.67. The number of nitrogens with zero attached hydrogens (tertiary/aromatic N) is 2. The van der Waals surface area contributed by atoms with Gasteiger partial charge in [0.25, 0.3) is 5.56 Å². The van der Waals surface area contributed by atoms with E-state index in [9.17, 15) is 9.59 Å². The molecule has 1 aliphatic rings. The van der Waals surface area contributed by atoms with Crippen LogP contribution in [0.1, 0.15) is 52.0 Å². The summed E-state index contributed by atoms with van der Waals surface area (Å²) < 4.78 is 1.64. The van der Waals surface area contributed by atoms with E-state index in [4.69, 9.17) is 11.6 Å². The zero-order chi connectivity index (χ0) is 20.1.